The number of aromatic amines is 1. The van der Waals surface area contributed by atoms with Crippen molar-refractivity contribution in [2.45, 2.75) is 19.9 Å². The molecule has 86 valence electrons. The average molecular weight is 224 g/mol. The van der Waals surface area contributed by atoms with Crippen molar-refractivity contribution in [3.8, 4) is 0 Å². The quantitative estimate of drug-likeness (QED) is 0.683. The molecule has 3 N–H and O–H groups in total. The Bertz CT molecular complexity index is 476. The van der Waals surface area contributed by atoms with Crippen molar-refractivity contribution in [3.63, 3.8) is 0 Å². The number of carbonyl (C=O) groups is 2. The summed E-state index contributed by atoms with van der Waals surface area (Å²) in [6.07, 6.45) is 0. The largest absolute Gasteiger partial charge is 0.477 e. The van der Waals surface area contributed by atoms with Crippen molar-refractivity contribution in [2.75, 3.05) is 0 Å². The number of aromatic carboxylic acids is 1. The number of nitrogens with one attached hydrogen (secondary N) is 2. The highest BCUT2D eigenvalue weighted by atomic mass is 16.4. The van der Waals surface area contributed by atoms with E-state index in [9.17, 15) is 14.4 Å². The lowest BCUT2D eigenvalue weighted by Gasteiger charge is -2.08. The standard InChI is InChI=1S/C10H12N2O4/c1-5(2)11-9(14)7-3-6(13)4-8(12-7)10(15)16/h3-5H,1-2H3,(H,11,14)(H,12,13)(H,15,16). The van der Waals surface area contributed by atoms with Crippen LogP contribution in [-0.4, -0.2) is 28.0 Å². The van der Waals surface area contributed by atoms with Crippen LogP contribution >= 0.6 is 0 Å². The van der Waals surface area contributed by atoms with Crippen LogP contribution in [0.1, 0.15) is 34.8 Å². The Balaban J connectivity index is 3.10. The van der Waals surface area contributed by atoms with Gasteiger partial charge in [-0.2, -0.15) is 0 Å². The molecule has 1 aromatic rings. The smallest absolute Gasteiger partial charge is 0.352 e. The topological polar surface area (TPSA) is 99.3 Å². The molecule has 1 amide bonds. The molecule has 0 fully saturated rings. The Morgan fingerprint density at radius 3 is 2.38 bits per heavy atom. The first-order valence-corrected chi connectivity index (χ1v) is 4.68. The van der Waals surface area contributed by atoms with Crippen LogP contribution in [0.25, 0.3) is 0 Å². The van der Waals surface area contributed by atoms with Gasteiger partial charge in [0.05, 0.1) is 0 Å². The minimum atomic E-state index is -1.28. The lowest BCUT2D eigenvalue weighted by atomic mass is 10.2. The summed E-state index contributed by atoms with van der Waals surface area (Å²) >= 11 is 0. The zero-order valence-corrected chi connectivity index (χ0v) is 8.90. The van der Waals surface area contributed by atoms with Gasteiger partial charge >= 0.3 is 5.97 Å². The summed E-state index contributed by atoms with van der Waals surface area (Å²) in [6.45, 7) is 3.52. The molecule has 0 radical (unpaired) electrons. The predicted molar refractivity (Wildman–Crippen MR) is 56.6 cm³/mol. The van der Waals surface area contributed by atoms with Gasteiger partial charge in [0.1, 0.15) is 11.4 Å². The second-order valence-corrected chi connectivity index (χ2v) is 3.58. The summed E-state index contributed by atoms with van der Waals surface area (Å²) < 4.78 is 0. The number of aromatic nitrogens is 1. The van der Waals surface area contributed by atoms with E-state index < -0.39 is 17.3 Å². The Morgan fingerprint density at radius 2 is 1.88 bits per heavy atom. The molecule has 0 saturated carbocycles. The maximum atomic E-state index is 11.5. The van der Waals surface area contributed by atoms with Crippen LogP contribution in [0.3, 0.4) is 0 Å². The van der Waals surface area contributed by atoms with Gasteiger partial charge in [-0.1, -0.05) is 0 Å². The number of carbonyl (C=O) groups excluding carboxylic acids is 1. The van der Waals surface area contributed by atoms with Gasteiger partial charge in [0, 0.05) is 18.2 Å². The summed E-state index contributed by atoms with van der Waals surface area (Å²) in [6, 6.07) is 1.89. The molecule has 0 aliphatic rings. The first kappa shape index (κ1) is 12.0. The summed E-state index contributed by atoms with van der Waals surface area (Å²) in [5, 5.41) is 11.2. The number of rotatable bonds is 3. The highest BCUT2D eigenvalue weighted by molar-refractivity contribution is 5.94. The highest BCUT2D eigenvalue weighted by Crippen LogP contribution is 1.96. The maximum absolute atomic E-state index is 11.5. The number of carboxylic acid groups (broad SMARTS) is 1. The molecule has 0 aromatic carbocycles. The van der Waals surface area contributed by atoms with Crippen LogP contribution in [0, 0.1) is 0 Å². The second-order valence-electron chi connectivity index (χ2n) is 3.58. The third-order valence-corrected chi connectivity index (χ3v) is 1.74. The third-order valence-electron chi connectivity index (χ3n) is 1.74. The van der Waals surface area contributed by atoms with E-state index in [1.54, 1.807) is 13.8 Å². The maximum Gasteiger partial charge on any atom is 0.352 e. The lowest BCUT2D eigenvalue weighted by Crippen LogP contribution is -2.32. The molecule has 1 aromatic heterocycles. The molecule has 1 heterocycles. The zero-order chi connectivity index (χ0) is 12.3. The van der Waals surface area contributed by atoms with Crippen molar-refractivity contribution in [1.29, 1.82) is 0 Å². The third kappa shape index (κ3) is 2.94. The number of H-pyrrole nitrogens is 1. The Kier molecular flexibility index (Phi) is 3.44. The molecule has 0 atom stereocenters. The van der Waals surface area contributed by atoms with E-state index in [1.165, 1.54) is 0 Å². The molecule has 0 unspecified atom stereocenters. The van der Waals surface area contributed by atoms with Crippen molar-refractivity contribution in [1.82, 2.24) is 10.3 Å². The zero-order valence-electron chi connectivity index (χ0n) is 8.90. The molecule has 0 aliphatic carbocycles. The molecule has 0 saturated heterocycles. The molecule has 0 aliphatic heterocycles. The Morgan fingerprint density at radius 1 is 1.31 bits per heavy atom. The minimum Gasteiger partial charge on any atom is -0.477 e. The summed E-state index contributed by atoms with van der Waals surface area (Å²) in [7, 11) is 0. The molecule has 1 rings (SSSR count). The van der Waals surface area contributed by atoms with Gasteiger partial charge in [0.2, 0.25) is 0 Å². The SMILES string of the molecule is CC(C)NC(=O)c1cc(=O)cc(C(=O)O)[nH]1. The van der Waals surface area contributed by atoms with Crippen molar-refractivity contribution >= 4 is 11.9 Å². The number of pyridine rings is 1. The van der Waals surface area contributed by atoms with Crippen LogP contribution in [0.4, 0.5) is 0 Å². The van der Waals surface area contributed by atoms with Gasteiger partial charge < -0.3 is 15.4 Å². The number of carboxylic acids is 1. The van der Waals surface area contributed by atoms with E-state index in [0.29, 0.717) is 0 Å². The Labute approximate surface area is 91.3 Å². The number of hydrogen-bond donors (Lipinski definition) is 3. The van der Waals surface area contributed by atoms with Gasteiger partial charge in [0.15, 0.2) is 5.43 Å². The van der Waals surface area contributed by atoms with E-state index in [-0.39, 0.29) is 17.4 Å². The van der Waals surface area contributed by atoms with Crippen LogP contribution in [0.15, 0.2) is 16.9 Å². The van der Waals surface area contributed by atoms with Crippen LogP contribution in [0.2, 0.25) is 0 Å². The van der Waals surface area contributed by atoms with Gasteiger partial charge in [0.25, 0.3) is 5.91 Å². The molecule has 0 bridgehead atoms. The van der Waals surface area contributed by atoms with E-state index in [4.69, 9.17) is 5.11 Å². The summed E-state index contributed by atoms with van der Waals surface area (Å²) in [4.78, 5) is 35.7. The van der Waals surface area contributed by atoms with Crippen LogP contribution in [-0.2, 0) is 0 Å². The van der Waals surface area contributed by atoms with E-state index in [0.717, 1.165) is 12.1 Å². The fraction of sp³-hybridized carbons (Fsp3) is 0.300. The molecular formula is C10H12N2O4. The fourth-order valence-electron chi connectivity index (χ4n) is 1.12. The van der Waals surface area contributed by atoms with Crippen molar-refractivity contribution < 1.29 is 14.7 Å². The molecule has 0 spiro atoms. The summed E-state index contributed by atoms with van der Waals surface area (Å²) in [5.41, 5.74) is -0.884. The minimum absolute atomic E-state index is 0.0569. The predicted octanol–water partition coefficient (Wildman–Crippen LogP) is 0.211. The normalized spacial score (nSPS) is 10.2. The van der Waals surface area contributed by atoms with Gasteiger partial charge in [-0.05, 0) is 13.8 Å². The van der Waals surface area contributed by atoms with E-state index in [2.05, 4.69) is 10.3 Å². The van der Waals surface area contributed by atoms with Crippen molar-refractivity contribution in [2.24, 2.45) is 0 Å². The lowest BCUT2D eigenvalue weighted by molar-refractivity contribution is 0.0690. The monoisotopic (exact) mass is 224 g/mol. The molecular weight excluding hydrogens is 212 g/mol. The van der Waals surface area contributed by atoms with Gasteiger partial charge in [-0.25, -0.2) is 4.79 Å². The molecule has 6 nitrogen and oxygen atoms in total. The highest BCUT2D eigenvalue weighted by Gasteiger charge is 2.12. The number of amides is 1. The fourth-order valence-corrected chi connectivity index (χ4v) is 1.12. The average Bonchev–Trinajstić information content (AvgIpc) is 2.15. The van der Waals surface area contributed by atoms with E-state index >= 15 is 0 Å². The first-order chi connectivity index (χ1) is 7.40. The Hall–Kier alpha value is -2.11. The molecule has 16 heavy (non-hydrogen) atoms. The number of hydrogen-bond acceptors (Lipinski definition) is 3. The summed E-state index contributed by atoms with van der Waals surface area (Å²) in [5.74, 6) is -1.79. The van der Waals surface area contributed by atoms with Crippen LogP contribution in [0.5, 0.6) is 0 Å². The molecule has 6 heteroatoms. The van der Waals surface area contributed by atoms with E-state index in [1.807, 2.05) is 0 Å². The second kappa shape index (κ2) is 4.61. The van der Waals surface area contributed by atoms with Gasteiger partial charge in [-0.3, -0.25) is 9.59 Å². The van der Waals surface area contributed by atoms with Crippen molar-refractivity contribution in [3.05, 3.63) is 33.7 Å². The van der Waals surface area contributed by atoms with Gasteiger partial charge in [-0.15, -0.1) is 0 Å². The van der Waals surface area contributed by atoms with Crippen LogP contribution < -0.4 is 10.7 Å². The first-order valence-electron chi connectivity index (χ1n) is 4.68.